The Morgan fingerprint density at radius 3 is 2.39 bits per heavy atom. The maximum Gasteiger partial charge on any atom is 0.418 e. The second kappa shape index (κ2) is 10.1. The highest BCUT2D eigenvalue weighted by atomic mass is 35.5. The van der Waals surface area contributed by atoms with Crippen molar-refractivity contribution in [2.75, 3.05) is 32.0 Å². The monoisotopic (exact) mass is 423 g/mol. The molecule has 1 aliphatic heterocycles. The molecule has 2 rings (SSSR count). The minimum Gasteiger partial charge on any atom is -0.480 e. The molecule has 28 heavy (non-hydrogen) atoms. The number of carboxylic acid groups (broad SMARTS) is 1. The van der Waals surface area contributed by atoms with Crippen molar-refractivity contribution in [3.8, 4) is 0 Å². The molecule has 1 fully saturated rings. The van der Waals surface area contributed by atoms with Gasteiger partial charge in [-0.1, -0.05) is 12.1 Å². The van der Waals surface area contributed by atoms with Gasteiger partial charge in [-0.15, -0.1) is 12.4 Å². The zero-order valence-corrected chi connectivity index (χ0v) is 16.5. The Labute approximate surface area is 168 Å². The lowest BCUT2D eigenvalue weighted by molar-refractivity contribution is -0.139. The van der Waals surface area contributed by atoms with Crippen LogP contribution in [0, 0.1) is 0 Å². The van der Waals surface area contributed by atoms with Crippen molar-refractivity contribution >= 4 is 30.0 Å². The molecule has 6 nitrogen and oxygen atoms in total. The Morgan fingerprint density at radius 1 is 1.29 bits per heavy atom. The minimum atomic E-state index is -4.54. The number of likely N-dealkylation sites (N-methyl/N-ethyl adjacent to an activating group) is 1. The summed E-state index contributed by atoms with van der Waals surface area (Å²) in [6, 6.07) is 4.42. The molecular formula is C18H25ClF3N3O3. The van der Waals surface area contributed by atoms with E-state index < -0.39 is 29.7 Å². The molecule has 0 aliphatic carbocycles. The van der Waals surface area contributed by atoms with Gasteiger partial charge in [-0.25, -0.2) is 0 Å². The summed E-state index contributed by atoms with van der Waals surface area (Å²) in [6.07, 6.45) is -3.15. The third kappa shape index (κ3) is 6.35. The van der Waals surface area contributed by atoms with Crippen LogP contribution in [0.15, 0.2) is 24.3 Å². The third-order valence-corrected chi connectivity index (χ3v) is 4.92. The van der Waals surface area contributed by atoms with Crippen LogP contribution >= 0.6 is 12.4 Å². The van der Waals surface area contributed by atoms with Crippen molar-refractivity contribution in [3.63, 3.8) is 0 Å². The van der Waals surface area contributed by atoms with Crippen LogP contribution < -0.4 is 5.32 Å². The van der Waals surface area contributed by atoms with Gasteiger partial charge in [-0.2, -0.15) is 13.2 Å². The van der Waals surface area contributed by atoms with Crippen LogP contribution in [-0.4, -0.2) is 65.5 Å². The Kier molecular flexibility index (Phi) is 8.72. The number of hydrogen-bond acceptors (Lipinski definition) is 4. The summed E-state index contributed by atoms with van der Waals surface area (Å²) in [5.74, 6) is -1.39. The van der Waals surface area contributed by atoms with Gasteiger partial charge in [0.15, 0.2) is 0 Å². The SMILES string of the molecule is CC(C(=O)Nc1ccccc1C(F)(F)F)N1CCC(N(C)CC(=O)O)CC1.Cl. The number of anilines is 1. The highest BCUT2D eigenvalue weighted by Crippen LogP contribution is 2.34. The average Bonchev–Trinajstić information content (AvgIpc) is 2.60. The lowest BCUT2D eigenvalue weighted by Gasteiger charge is -2.38. The molecule has 0 aromatic heterocycles. The van der Waals surface area contributed by atoms with Gasteiger partial charge in [-0.05, 0) is 38.9 Å². The lowest BCUT2D eigenvalue weighted by Crippen LogP contribution is -2.50. The van der Waals surface area contributed by atoms with E-state index in [0.29, 0.717) is 25.9 Å². The number of rotatable bonds is 6. The number of carboxylic acids is 1. The van der Waals surface area contributed by atoms with Crippen molar-refractivity contribution < 1.29 is 27.9 Å². The first kappa shape index (κ1) is 24.2. The van der Waals surface area contributed by atoms with E-state index in [1.165, 1.54) is 18.2 Å². The molecule has 1 atom stereocenters. The van der Waals surface area contributed by atoms with E-state index in [1.54, 1.807) is 18.9 Å². The number of carbonyl (C=O) groups excluding carboxylic acids is 1. The summed E-state index contributed by atoms with van der Waals surface area (Å²) in [5.41, 5.74) is -1.13. The Morgan fingerprint density at radius 2 is 1.86 bits per heavy atom. The molecule has 158 valence electrons. The first-order valence-corrected chi connectivity index (χ1v) is 8.72. The molecule has 2 N–H and O–H groups in total. The second-order valence-corrected chi connectivity index (χ2v) is 6.78. The fourth-order valence-corrected chi connectivity index (χ4v) is 3.30. The number of piperidine rings is 1. The lowest BCUT2D eigenvalue weighted by atomic mass is 10.0. The molecule has 0 spiro atoms. The molecule has 0 radical (unpaired) electrons. The Bertz CT molecular complexity index is 680. The van der Waals surface area contributed by atoms with Crippen LogP contribution in [0.4, 0.5) is 18.9 Å². The van der Waals surface area contributed by atoms with Crippen LogP contribution in [0.1, 0.15) is 25.3 Å². The molecule has 1 aromatic rings. The quantitative estimate of drug-likeness (QED) is 0.736. The van der Waals surface area contributed by atoms with Crippen molar-refractivity contribution in [2.45, 2.75) is 38.0 Å². The normalized spacial score (nSPS) is 17.1. The first-order valence-electron chi connectivity index (χ1n) is 8.72. The van der Waals surface area contributed by atoms with E-state index in [4.69, 9.17) is 5.11 Å². The molecule has 10 heteroatoms. The topological polar surface area (TPSA) is 72.9 Å². The summed E-state index contributed by atoms with van der Waals surface area (Å²) >= 11 is 0. The Balaban J connectivity index is 0.00000392. The number of likely N-dealkylation sites (tertiary alicyclic amines) is 1. The number of para-hydroxylation sites is 1. The van der Waals surface area contributed by atoms with Crippen molar-refractivity contribution in [1.29, 1.82) is 0 Å². The van der Waals surface area contributed by atoms with Gasteiger partial charge >= 0.3 is 12.1 Å². The van der Waals surface area contributed by atoms with Crippen molar-refractivity contribution in [1.82, 2.24) is 9.80 Å². The molecule has 1 unspecified atom stereocenters. The predicted molar refractivity (Wildman–Crippen MR) is 102 cm³/mol. The fraction of sp³-hybridized carbons (Fsp3) is 0.556. The van der Waals surface area contributed by atoms with Crippen LogP contribution in [-0.2, 0) is 15.8 Å². The molecule has 0 saturated carbocycles. The summed E-state index contributed by atoms with van der Waals surface area (Å²) < 4.78 is 39.2. The first-order chi connectivity index (χ1) is 12.6. The number of amides is 1. The van der Waals surface area contributed by atoms with Crippen molar-refractivity contribution in [2.24, 2.45) is 0 Å². The van der Waals surface area contributed by atoms with E-state index in [-0.39, 0.29) is 30.7 Å². The van der Waals surface area contributed by atoms with Gasteiger partial charge in [0.1, 0.15) is 0 Å². The van der Waals surface area contributed by atoms with Crippen LogP contribution in [0.3, 0.4) is 0 Å². The highest BCUT2D eigenvalue weighted by Gasteiger charge is 2.34. The number of hydrogen-bond donors (Lipinski definition) is 2. The van der Waals surface area contributed by atoms with Gasteiger partial charge in [-0.3, -0.25) is 19.4 Å². The number of carbonyl (C=O) groups is 2. The second-order valence-electron chi connectivity index (χ2n) is 6.78. The number of benzene rings is 1. The summed E-state index contributed by atoms with van der Waals surface area (Å²) in [5, 5.41) is 11.2. The minimum absolute atomic E-state index is 0. The largest absolute Gasteiger partial charge is 0.480 e. The van der Waals surface area contributed by atoms with E-state index in [9.17, 15) is 22.8 Å². The summed E-state index contributed by atoms with van der Waals surface area (Å²) in [4.78, 5) is 26.9. The number of halogens is 4. The zero-order valence-electron chi connectivity index (χ0n) is 15.7. The maximum absolute atomic E-state index is 13.1. The van der Waals surface area contributed by atoms with E-state index >= 15 is 0 Å². The average molecular weight is 424 g/mol. The van der Waals surface area contributed by atoms with E-state index in [1.807, 2.05) is 4.90 Å². The Hall–Kier alpha value is -1.84. The van der Waals surface area contributed by atoms with Gasteiger partial charge < -0.3 is 10.4 Å². The molecule has 1 amide bonds. The number of nitrogens with zero attached hydrogens (tertiary/aromatic N) is 2. The molecule has 0 bridgehead atoms. The summed E-state index contributed by atoms with van der Waals surface area (Å²) in [7, 11) is 1.75. The number of alkyl halides is 3. The maximum atomic E-state index is 13.1. The third-order valence-electron chi connectivity index (χ3n) is 4.92. The molecule has 1 aliphatic rings. The smallest absolute Gasteiger partial charge is 0.418 e. The van der Waals surface area contributed by atoms with Gasteiger partial charge in [0.25, 0.3) is 0 Å². The van der Waals surface area contributed by atoms with Crippen LogP contribution in [0.25, 0.3) is 0 Å². The van der Waals surface area contributed by atoms with Crippen LogP contribution in [0.5, 0.6) is 0 Å². The van der Waals surface area contributed by atoms with Gasteiger partial charge in [0.05, 0.1) is 23.8 Å². The number of nitrogens with one attached hydrogen (secondary N) is 1. The zero-order chi connectivity index (χ0) is 20.2. The fourth-order valence-electron chi connectivity index (χ4n) is 3.30. The predicted octanol–water partition coefficient (Wildman–Crippen LogP) is 2.94. The summed E-state index contributed by atoms with van der Waals surface area (Å²) in [6.45, 7) is 2.76. The molecule has 1 aromatic carbocycles. The van der Waals surface area contributed by atoms with Crippen molar-refractivity contribution in [3.05, 3.63) is 29.8 Å². The van der Waals surface area contributed by atoms with E-state index in [2.05, 4.69) is 5.32 Å². The standard InChI is InChI=1S/C18H24F3N3O3.ClH/c1-12(24-9-7-13(8-10-24)23(2)11-16(25)26)17(27)22-15-6-4-3-5-14(15)18(19,20)21;/h3-6,12-13H,7-11H2,1-2H3,(H,22,27)(H,25,26);1H. The molecule has 1 heterocycles. The molecule has 1 saturated heterocycles. The number of aliphatic carboxylic acids is 1. The molecular weight excluding hydrogens is 399 g/mol. The highest BCUT2D eigenvalue weighted by molar-refractivity contribution is 5.95. The van der Waals surface area contributed by atoms with Gasteiger partial charge in [0, 0.05) is 19.1 Å². The van der Waals surface area contributed by atoms with E-state index in [0.717, 1.165) is 6.07 Å². The van der Waals surface area contributed by atoms with Crippen LogP contribution in [0.2, 0.25) is 0 Å². The van der Waals surface area contributed by atoms with Gasteiger partial charge in [0.2, 0.25) is 5.91 Å².